The molecule has 6 aromatic rings. The summed E-state index contributed by atoms with van der Waals surface area (Å²) in [7, 11) is 0. The Balaban J connectivity index is 1.20. The summed E-state index contributed by atoms with van der Waals surface area (Å²) in [6.45, 7) is 0. The highest BCUT2D eigenvalue weighted by atomic mass is 127. The van der Waals surface area contributed by atoms with Crippen molar-refractivity contribution in [1.82, 2.24) is 0 Å². The van der Waals surface area contributed by atoms with Gasteiger partial charge in [-0.3, -0.25) is 0 Å². The number of hydrogen-bond acceptors (Lipinski definition) is 0. The van der Waals surface area contributed by atoms with Gasteiger partial charge in [-0.2, -0.15) is 0 Å². The quantitative estimate of drug-likeness (QED) is 0.146. The van der Waals surface area contributed by atoms with E-state index < -0.39 is 0 Å². The van der Waals surface area contributed by atoms with Crippen molar-refractivity contribution in [3.05, 3.63) is 154 Å². The molecule has 43 heavy (non-hydrogen) atoms. The summed E-state index contributed by atoms with van der Waals surface area (Å²) in [5, 5.41) is 0. The standard InChI is InChI=1S/C37H22I6/c38-28-5-1-3-24(18-28)32-13-9-26(20-36(32)42)30-11-7-22(16-34(30)40)15-23-8-12-31(35(41)17-23)27-10-14-33(37(43)21-27)25-4-2-6-29(39)19-25/h1-14,16-21H,15H2. The van der Waals surface area contributed by atoms with Crippen LogP contribution in [0.25, 0.3) is 44.5 Å². The summed E-state index contributed by atoms with van der Waals surface area (Å²) in [5.41, 5.74) is 12.8. The molecular formula is C37H22I6. The lowest BCUT2D eigenvalue weighted by molar-refractivity contribution is 1.18. The zero-order chi connectivity index (χ0) is 30.1. The SMILES string of the molecule is Ic1cccc(-c2ccc(-c3ccc(Cc4ccc(-c5ccc(-c6cccc(I)c6)c(I)c5)c(I)c4)cc3I)cc2I)c1. The molecule has 6 heteroatoms. The lowest BCUT2D eigenvalue weighted by atomic mass is 9.96. The van der Waals surface area contributed by atoms with Gasteiger partial charge in [-0.25, -0.2) is 0 Å². The van der Waals surface area contributed by atoms with E-state index >= 15 is 0 Å². The molecule has 0 aromatic heterocycles. The van der Waals surface area contributed by atoms with Crippen LogP contribution in [0.1, 0.15) is 11.1 Å². The van der Waals surface area contributed by atoms with Gasteiger partial charge < -0.3 is 0 Å². The molecule has 0 saturated carbocycles. The van der Waals surface area contributed by atoms with E-state index in [1.165, 1.54) is 77.1 Å². The topological polar surface area (TPSA) is 0 Å². The lowest BCUT2D eigenvalue weighted by Crippen LogP contribution is -1.94. The highest BCUT2D eigenvalue weighted by Crippen LogP contribution is 2.35. The maximum atomic E-state index is 2.49. The van der Waals surface area contributed by atoms with Crippen LogP contribution < -0.4 is 0 Å². The van der Waals surface area contributed by atoms with Crippen LogP contribution >= 0.6 is 136 Å². The van der Waals surface area contributed by atoms with Gasteiger partial charge in [0.2, 0.25) is 0 Å². The van der Waals surface area contributed by atoms with E-state index in [-0.39, 0.29) is 0 Å². The predicted octanol–water partition coefficient (Wildman–Crippen LogP) is 13.6. The maximum absolute atomic E-state index is 2.49. The Kier molecular flexibility index (Phi) is 11.1. The lowest BCUT2D eigenvalue weighted by Gasteiger charge is -2.13. The van der Waals surface area contributed by atoms with Crippen molar-refractivity contribution in [1.29, 1.82) is 0 Å². The Labute approximate surface area is 335 Å². The summed E-state index contributed by atoms with van der Waals surface area (Å²) in [6, 6.07) is 44.8. The Morgan fingerprint density at radius 3 is 1.02 bits per heavy atom. The molecule has 0 heterocycles. The van der Waals surface area contributed by atoms with Crippen LogP contribution in [0.4, 0.5) is 0 Å². The summed E-state index contributed by atoms with van der Waals surface area (Å²) in [4.78, 5) is 0. The average molecular weight is 1230 g/mol. The first-order chi connectivity index (χ1) is 20.7. The molecule has 0 spiro atoms. The van der Waals surface area contributed by atoms with E-state index in [4.69, 9.17) is 0 Å². The van der Waals surface area contributed by atoms with E-state index in [9.17, 15) is 0 Å². The fourth-order valence-corrected chi connectivity index (χ4v) is 9.71. The van der Waals surface area contributed by atoms with E-state index in [1.54, 1.807) is 0 Å². The number of hydrogen-bond donors (Lipinski definition) is 0. The van der Waals surface area contributed by atoms with Gasteiger partial charge in [0, 0.05) is 21.4 Å². The molecule has 6 aromatic carbocycles. The largest absolute Gasteiger partial charge is 0.0606 e. The van der Waals surface area contributed by atoms with Gasteiger partial charge in [0.05, 0.1) is 0 Å². The molecule has 0 radical (unpaired) electrons. The second-order valence-electron chi connectivity index (χ2n) is 10.2. The molecule has 0 saturated heterocycles. The molecule has 0 amide bonds. The van der Waals surface area contributed by atoms with Crippen molar-refractivity contribution < 1.29 is 0 Å². The summed E-state index contributed by atoms with van der Waals surface area (Å²) in [5.74, 6) is 0. The molecular weight excluding hydrogens is 1210 g/mol. The van der Waals surface area contributed by atoms with E-state index in [2.05, 4.69) is 257 Å². The molecule has 0 fully saturated rings. The molecule has 0 bridgehead atoms. The summed E-state index contributed by atoms with van der Waals surface area (Å²) >= 11 is 14.7. The Morgan fingerprint density at radius 1 is 0.326 bits per heavy atom. The van der Waals surface area contributed by atoms with Gasteiger partial charge in [-0.15, -0.1) is 0 Å². The highest BCUT2D eigenvalue weighted by Gasteiger charge is 2.12. The monoisotopic (exact) mass is 1230 g/mol. The van der Waals surface area contributed by atoms with Gasteiger partial charge in [-0.05, 0) is 246 Å². The molecule has 212 valence electrons. The molecule has 0 unspecified atom stereocenters. The minimum absolute atomic E-state index is 0.915. The number of halogens is 6. The van der Waals surface area contributed by atoms with Crippen molar-refractivity contribution in [2.45, 2.75) is 6.42 Å². The Morgan fingerprint density at radius 2 is 0.674 bits per heavy atom. The maximum Gasteiger partial charge on any atom is 0.0214 e. The molecule has 0 aliphatic carbocycles. The minimum Gasteiger partial charge on any atom is -0.0606 e. The second kappa shape index (κ2) is 14.6. The highest BCUT2D eigenvalue weighted by molar-refractivity contribution is 14.1. The van der Waals surface area contributed by atoms with Crippen molar-refractivity contribution in [3.63, 3.8) is 0 Å². The van der Waals surface area contributed by atoms with Gasteiger partial charge >= 0.3 is 0 Å². The predicted molar refractivity (Wildman–Crippen MR) is 234 cm³/mol. The molecule has 6 rings (SSSR count). The minimum atomic E-state index is 0.915. The van der Waals surface area contributed by atoms with Gasteiger partial charge in [-0.1, -0.05) is 72.8 Å². The Bertz CT molecular complexity index is 1840. The molecule has 0 aliphatic heterocycles. The third-order valence-electron chi connectivity index (χ3n) is 7.31. The van der Waals surface area contributed by atoms with Crippen LogP contribution in [-0.2, 0) is 6.42 Å². The first-order valence-electron chi connectivity index (χ1n) is 13.4. The van der Waals surface area contributed by atoms with Crippen LogP contribution in [-0.4, -0.2) is 0 Å². The fourth-order valence-electron chi connectivity index (χ4n) is 5.19. The normalized spacial score (nSPS) is 11.1. The smallest absolute Gasteiger partial charge is 0.0214 e. The first-order valence-corrected chi connectivity index (χ1v) is 19.9. The number of benzene rings is 6. The summed E-state index contributed by atoms with van der Waals surface area (Å²) < 4.78 is 7.61. The second-order valence-corrected chi connectivity index (χ2v) is 17.4. The van der Waals surface area contributed by atoms with Gasteiger partial charge in [0.1, 0.15) is 0 Å². The molecule has 0 N–H and O–H groups in total. The fraction of sp³-hybridized carbons (Fsp3) is 0.0270. The van der Waals surface area contributed by atoms with E-state index in [0.717, 1.165) is 6.42 Å². The zero-order valence-electron chi connectivity index (χ0n) is 22.5. The van der Waals surface area contributed by atoms with Crippen LogP contribution in [0, 0.1) is 21.4 Å². The van der Waals surface area contributed by atoms with Crippen LogP contribution in [0.5, 0.6) is 0 Å². The van der Waals surface area contributed by atoms with Crippen molar-refractivity contribution in [2.75, 3.05) is 0 Å². The summed E-state index contributed by atoms with van der Waals surface area (Å²) in [6.07, 6.45) is 0.915. The van der Waals surface area contributed by atoms with Crippen molar-refractivity contribution in [2.24, 2.45) is 0 Å². The van der Waals surface area contributed by atoms with Crippen LogP contribution in [0.2, 0.25) is 0 Å². The molecule has 0 aliphatic rings. The van der Waals surface area contributed by atoms with Gasteiger partial charge in [0.25, 0.3) is 0 Å². The average Bonchev–Trinajstić information content (AvgIpc) is 2.97. The molecule has 0 nitrogen and oxygen atoms in total. The van der Waals surface area contributed by atoms with Gasteiger partial charge in [0.15, 0.2) is 0 Å². The third kappa shape index (κ3) is 7.82. The van der Waals surface area contributed by atoms with Crippen LogP contribution in [0.3, 0.4) is 0 Å². The first kappa shape index (κ1) is 32.6. The van der Waals surface area contributed by atoms with E-state index in [1.807, 2.05) is 0 Å². The molecule has 0 atom stereocenters. The van der Waals surface area contributed by atoms with E-state index in [0.29, 0.717) is 0 Å². The number of rotatable bonds is 6. The zero-order valence-corrected chi connectivity index (χ0v) is 35.5. The third-order valence-corrected chi connectivity index (χ3v) is 12.2. The van der Waals surface area contributed by atoms with Crippen LogP contribution in [0.15, 0.2) is 121 Å². The van der Waals surface area contributed by atoms with Crippen molar-refractivity contribution >= 4 is 136 Å². The Hall–Kier alpha value is -0.300. The van der Waals surface area contributed by atoms with Crippen molar-refractivity contribution in [3.8, 4) is 44.5 Å².